The van der Waals surface area contributed by atoms with E-state index in [0.717, 1.165) is 6.54 Å². The van der Waals surface area contributed by atoms with Crippen LogP contribution in [0.4, 0.5) is 0 Å². The molecule has 2 aromatic rings. The third kappa shape index (κ3) is 3.02. The Bertz CT molecular complexity index is 521. The molecule has 3 rings (SSSR count). The van der Waals surface area contributed by atoms with Gasteiger partial charge in [-0.05, 0) is 11.1 Å². The molecule has 1 saturated heterocycles. The highest BCUT2D eigenvalue weighted by atomic mass is 35.5. The molecule has 0 spiro atoms. The van der Waals surface area contributed by atoms with Crippen LogP contribution in [0.2, 0.25) is 0 Å². The molecule has 0 amide bonds. The van der Waals surface area contributed by atoms with Gasteiger partial charge in [0.25, 0.3) is 0 Å². The van der Waals surface area contributed by atoms with Gasteiger partial charge in [-0.25, -0.2) is 5.01 Å². The first-order chi connectivity index (χ1) is 9.36. The third-order valence-corrected chi connectivity index (χ3v) is 3.56. The second-order valence-electron chi connectivity index (χ2n) is 4.80. The Morgan fingerprint density at radius 2 is 1.45 bits per heavy atom. The molecule has 0 bridgehead atoms. The molecule has 106 valence electrons. The van der Waals surface area contributed by atoms with Crippen molar-refractivity contribution < 1.29 is 4.74 Å². The van der Waals surface area contributed by atoms with Crippen LogP contribution in [-0.4, -0.2) is 18.2 Å². The lowest BCUT2D eigenvalue weighted by Crippen LogP contribution is -2.45. The Morgan fingerprint density at radius 3 is 2.05 bits per heavy atom. The van der Waals surface area contributed by atoms with Crippen LogP contribution in [0.25, 0.3) is 0 Å². The van der Waals surface area contributed by atoms with Gasteiger partial charge in [-0.15, -0.1) is 12.4 Å². The lowest BCUT2D eigenvalue weighted by molar-refractivity contribution is -0.0760. The van der Waals surface area contributed by atoms with Gasteiger partial charge in [0.05, 0.1) is 12.6 Å². The molecular formula is C16H19ClN2O. The Labute approximate surface area is 125 Å². The molecule has 1 aliphatic rings. The molecule has 2 N–H and O–H groups in total. The quantitative estimate of drug-likeness (QED) is 0.864. The van der Waals surface area contributed by atoms with E-state index in [4.69, 9.17) is 10.6 Å². The summed E-state index contributed by atoms with van der Waals surface area (Å²) >= 11 is 0. The van der Waals surface area contributed by atoms with Crippen LogP contribution in [0.1, 0.15) is 23.3 Å². The standard InChI is InChI=1S/C16H18N2O.ClH/c17-18-11-12-19-16(14-9-5-2-6-10-14)15(18)13-7-3-1-4-8-13;/h1-10,15-16H,11-12,17H2;1H. The summed E-state index contributed by atoms with van der Waals surface area (Å²) in [5.41, 5.74) is 2.37. The van der Waals surface area contributed by atoms with E-state index < -0.39 is 0 Å². The van der Waals surface area contributed by atoms with Crippen molar-refractivity contribution in [3.63, 3.8) is 0 Å². The molecule has 0 radical (unpaired) electrons. The highest BCUT2D eigenvalue weighted by Gasteiger charge is 2.32. The van der Waals surface area contributed by atoms with Crippen LogP contribution >= 0.6 is 12.4 Å². The summed E-state index contributed by atoms with van der Waals surface area (Å²) in [5, 5.41) is 1.89. The zero-order valence-electron chi connectivity index (χ0n) is 11.2. The highest BCUT2D eigenvalue weighted by molar-refractivity contribution is 5.85. The summed E-state index contributed by atoms with van der Waals surface area (Å²) in [6.07, 6.45) is -0.0117. The van der Waals surface area contributed by atoms with Gasteiger partial charge in [0.15, 0.2) is 0 Å². The van der Waals surface area contributed by atoms with Crippen LogP contribution in [-0.2, 0) is 4.74 Å². The van der Waals surface area contributed by atoms with Gasteiger partial charge >= 0.3 is 0 Å². The maximum absolute atomic E-state index is 6.19. The first kappa shape index (κ1) is 15.0. The fourth-order valence-electron chi connectivity index (χ4n) is 2.63. The summed E-state index contributed by atoms with van der Waals surface area (Å²) in [4.78, 5) is 0. The van der Waals surface area contributed by atoms with Crippen molar-refractivity contribution in [2.24, 2.45) is 5.84 Å². The smallest absolute Gasteiger partial charge is 0.104 e. The zero-order chi connectivity index (χ0) is 13.1. The number of ether oxygens (including phenoxy) is 1. The Hall–Kier alpha value is -1.39. The average molecular weight is 291 g/mol. The van der Waals surface area contributed by atoms with Crippen molar-refractivity contribution in [3.8, 4) is 0 Å². The topological polar surface area (TPSA) is 38.5 Å². The Morgan fingerprint density at radius 1 is 0.900 bits per heavy atom. The fourth-order valence-corrected chi connectivity index (χ4v) is 2.63. The van der Waals surface area contributed by atoms with Crippen molar-refractivity contribution in [1.29, 1.82) is 0 Å². The van der Waals surface area contributed by atoms with Gasteiger partial charge in [0.2, 0.25) is 0 Å². The third-order valence-electron chi connectivity index (χ3n) is 3.56. The summed E-state index contributed by atoms with van der Waals surface area (Å²) < 4.78 is 5.98. The van der Waals surface area contributed by atoms with E-state index in [-0.39, 0.29) is 24.6 Å². The minimum absolute atomic E-state index is 0. The van der Waals surface area contributed by atoms with Crippen molar-refractivity contribution >= 4 is 12.4 Å². The maximum atomic E-state index is 6.19. The SMILES string of the molecule is Cl.NN1CCOC(c2ccccc2)C1c1ccccc1. The number of rotatable bonds is 2. The Kier molecular flexibility index (Phi) is 5.15. The monoisotopic (exact) mass is 290 g/mol. The molecule has 1 aliphatic heterocycles. The number of nitrogens with two attached hydrogens (primary N) is 1. The highest BCUT2D eigenvalue weighted by Crippen LogP contribution is 2.37. The van der Waals surface area contributed by atoms with Crippen LogP contribution in [0.5, 0.6) is 0 Å². The molecule has 2 unspecified atom stereocenters. The van der Waals surface area contributed by atoms with E-state index in [9.17, 15) is 0 Å². The van der Waals surface area contributed by atoms with E-state index in [0.29, 0.717) is 6.61 Å². The molecule has 0 saturated carbocycles. The molecule has 1 fully saturated rings. The number of hydrogen-bond donors (Lipinski definition) is 1. The zero-order valence-corrected chi connectivity index (χ0v) is 12.0. The van der Waals surface area contributed by atoms with Gasteiger partial charge in [-0.2, -0.15) is 0 Å². The molecular weight excluding hydrogens is 272 g/mol. The fraction of sp³-hybridized carbons (Fsp3) is 0.250. The number of halogens is 1. The summed E-state index contributed by atoms with van der Waals surface area (Å²) in [6.45, 7) is 1.42. The first-order valence-corrected chi connectivity index (χ1v) is 6.59. The van der Waals surface area contributed by atoms with Crippen molar-refractivity contribution in [2.75, 3.05) is 13.2 Å². The van der Waals surface area contributed by atoms with Gasteiger partial charge in [0.1, 0.15) is 6.10 Å². The lowest BCUT2D eigenvalue weighted by atomic mass is 9.94. The lowest BCUT2D eigenvalue weighted by Gasteiger charge is -2.39. The van der Waals surface area contributed by atoms with Gasteiger partial charge in [0, 0.05) is 6.54 Å². The minimum Gasteiger partial charge on any atom is -0.370 e. The second-order valence-corrected chi connectivity index (χ2v) is 4.80. The normalized spacial score (nSPS) is 23.1. The molecule has 1 heterocycles. The number of morpholine rings is 1. The average Bonchev–Trinajstić information content (AvgIpc) is 2.49. The maximum Gasteiger partial charge on any atom is 0.104 e. The predicted molar refractivity (Wildman–Crippen MR) is 82.5 cm³/mol. The minimum atomic E-state index is -0.0117. The number of hydrazine groups is 1. The number of hydrogen-bond acceptors (Lipinski definition) is 3. The molecule has 0 aromatic heterocycles. The van der Waals surface area contributed by atoms with Crippen LogP contribution in [0, 0.1) is 0 Å². The van der Waals surface area contributed by atoms with Gasteiger partial charge in [-0.1, -0.05) is 60.7 Å². The van der Waals surface area contributed by atoms with Gasteiger partial charge in [-0.3, -0.25) is 5.84 Å². The van der Waals surface area contributed by atoms with Crippen LogP contribution in [0.3, 0.4) is 0 Å². The largest absolute Gasteiger partial charge is 0.370 e. The van der Waals surface area contributed by atoms with Gasteiger partial charge < -0.3 is 4.74 Å². The molecule has 4 heteroatoms. The van der Waals surface area contributed by atoms with E-state index in [1.165, 1.54) is 11.1 Å². The molecule has 0 aliphatic carbocycles. The molecule has 2 atom stereocenters. The van der Waals surface area contributed by atoms with E-state index in [1.54, 1.807) is 0 Å². The molecule has 20 heavy (non-hydrogen) atoms. The number of nitrogens with zero attached hydrogens (tertiary/aromatic N) is 1. The molecule has 2 aromatic carbocycles. The number of benzene rings is 2. The van der Waals surface area contributed by atoms with Crippen molar-refractivity contribution in [3.05, 3.63) is 71.8 Å². The summed E-state index contributed by atoms with van der Waals surface area (Å²) in [5.74, 6) is 6.19. The van der Waals surface area contributed by atoms with Crippen molar-refractivity contribution in [1.82, 2.24) is 5.01 Å². The van der Waals surface area contributed by atoms with Crippen LogP contribution < -0.4 is 5.84 Å². The van der Waals surface area contributed by atoms with E-state index in [1.807, 2.05) is 41.4 Å². The van der Waals surface area contributed by atoms with E-state index in [2.05, 4.69) is 24.3 Å². The summed E-state index contributed by atoms with van der Waals surface area (Å²) in [7, 11) is 0. The summed E-state index contributed by atoms with van der Waals surface area (Å²) in [6, 6.07) is 20.7. The predicted octanol–water partition coefficient (Wildman–Crippen LogP) is 3.10. The molecule has 3 nitrogen and oxygen atoms in total. The van der Waals surface area contributed by atoms with Crippen molar-refractivity contribution in [2.45, 2.75) is 12.1 Å². The Balaban J connectivity index is 0.00000147. The first-order valence-electron chi connectivity index (χ1n) is 6.59. The second kappa shape index (κ2) is 6.86. The van der Waals surface area contributed by atoms with E-state index >= 15 is 0 Å². The van der Waals surface area contributed by atoms with Crippen LogP contribution in [0.15, 0.2) is 60.7 Å².